The SMILES string of the molecule is CCC(NC(C)(C)C)Oc1ccc(CC(C(=O)O)N(C=O)OC(C)(C)C)cc1. The zero-order valence-corrected chi connectivity index (χ0v) is 18.0. The number of aliphatic carboxylic acids is 1. The summed E-state index contributed by atoms with van der Waals surface area (Å²) in [7, 11) is 0. The van der Waals surface area contributed by atoms with Crippen LogP contribution in [0.15, 0.2) is 24.3 Å². The first-order valence-electron chi connectivity index (χ1n) is 9.53. The Hall–Kier alpha value is -2.12. The largest absolute Gasteiger partial charge is 0.480 e. The molecule has 1 aromatic rings. The van der Waals surface area contributed by atoms with Gasteiger partial charge in [-0.15, -0.1) is 0 Å². The van der Waals surface area contributed by atoms with Gasteiger partial charge in [0.15, 0.2) is 6.04 Å². The zero-order valence-electron chi connectivity index (χ0n) is 18.0. The summed E-state index contributed by atoms with van der Waals surface area (Å²) in [4.78, 5) is 28.5. The van der Waals surface area contributed by atoms with Gasteiger partial charge in [-0.1, -0.05) is 19.1 Å². The summed E-state index contributed by atoms with van der Waals surface area (Å²) in [6.07, 6.45) is 1.22. The van der Waals surface area contributed by atoms with E-state index in [0.29, 0.717) is 12.2 Å². The van der Waals surface area contributed by atoms with Crippen LogP contribution in [0.5, 0.6) is 5.75 Å². The number of amides is 1. The number of hydroxylamine groups is 2. The van der Waals surface area contributed by atoms with Crippen LogP contribution >= 0.6 is 0 Å². The van der Waals surface area contributed by atoms with Crippen LogP contribution < -0.4 is 10.1 Å². The molecule has 0 aliphatic carbocycles. The molecule has 0 radical (unpaired) electrons. The summed E-state index contributed by atoms with van der Waals surface area (Å²) >= 11 is 0. The van der Waals surface area contributed by atoms with E-state index < -0.39 is 17.6 Å². The first-order chi connectivity index (χ1) is 12.8. The topological polar surface area (TPSA) is 88.1 Å². The van der Waals surface area contributed by atoms with Crippen LogP contribution in [0, 0.1) is 0 Å². The van der Waals surface area contributed by atoms with Crippen molar-refractivity contribution in [3.63, 3.8) is 0 Å². The fourth-order valence-corrected chi connectivity index (χ4v) is 2.55. The van der Waals surface area contributed by atoms with Gasteiger partial charge < -0.3 is 9.84 Å². The lowest BCUT2D eigenvalue weighted by atomic mass is 10.1. The summed E-state index contributed by atoms with van der Waals surface area (Å²) < 4.78 is 5.96. The average Bonchev–Trinajstić information content (AvgIpc) is 2.56. The molecule has 7 heteroatoms. The van der Waals surface area contributed by atoms with Crippen molar-refractivity contribution in [2.45, 2.75) is 84.7 Å². The third kappa shape index (κ3) is 8.71. The molecule has 1 rings (SSSR count). The molecular weight excluding hydrogens is 360 g/mol. The second-order valence-corrected chi connectivity index (χ2v) is 8.78. The van der Waals surface area contributed by atoms with Gasteiger partial charge in [-0.3, -0.25) is 14.9 Å². The third-order valence-electron chi connectivity index (χ3n) is 3.67. The van der Waals surface area contributed by atoms with Crippen molar-refractivity contribution >= 4 is 12.4 Å². The molecule has 1 amide bonds. The molecule has 0 saturated heterocycles. The summed E-state index contributed by atoms with van der Waals surface area (Å²) in [5, 5.41) is 13.8. The first kappa shape index (κ1) is 23.9. The Kier molecular flexibility index (Phi) is 8.45. The minimum Gasteiger partial charge on any atom is -0.480 e. The van der Waals surface area contributed by atoms with E-state index in [4.69, 9.17) is 9.57 Å². The number of nitrogens with zero attached hydrogens (tertiary/aromatic N) is 1. The average molecular weight is 395 g/mol. The second kappa shape index (κ2) is 9.89. The molecule has 28 heavy (non-hydrogen) atoms. The molecule has 2 atom stereocenters. The standard InChI is InChI=1S/C21H34N2O5/c1-8-18(22-20(2,3)4)27-16-11-9-15(10-12-16)13-17(19(25)26)23(14-24)28-21(5,6)7/h9-12,14,17-18,22H,8,13H2,1-7H3,(H,25,26). The van der Waals surface area contributed by atoms with E-state index in [0.717, 1.165) is 17.0 Å². The van der Waals surface area contributed by atoms with Crippen LogP contribution in [0.4, 0.5) is 0 Å². The number of ether oxygens (including phenoxy) is 1. The number of hydrogen-bond donors (Lipinski definition) is 2. The lowest BCUT2D eigenvalue weighted by Gasteiger charge is -2.31. The highest BCUT2D eigenvalue weighted by Gasteiger charge is 2.29. The molecule has 0 heterocycles. The third-order valence-corrected chi connectivity index (χ3v) is 3.67. The van der Waals surface area contributed by atoms with E-state index in [-0.39, 0.29) is 18.2 Å². The molecule has 0 aliphatic heterocycles. The van der Waals surface area contributed by atoms with Gasteiger partial charge in [-0.05, 0) is 65.7 Å². The van der Waals surface area contributed by atoms with Crippen molar-refractivity contribution in [1.29, 1.82) is 0 Å². The molecule has 1 aromatic carbocycles. The fraction of sp³-hybridized carbons (Fsp3) is 0.619. The van der Waals surface area contributed by atoms with Gasteiger partial charge in [0, 0.05) is 12.0 Å². The Morgan fingerprint density at radius 1 is 1.18 bits per heavy atom. The quantitative estimate of drug-likeness (QED) is 0.359. The predicted molar refractivity (Wildman–Crippen MR) is 108 cm³/mol. The maximum atomic E-state index is 11.7. The zero-order chi connectivity index (χ0) is 21.5. The highest BCUT2D eigenvalue weighted by atomic mass is 16.7. The van der Waals surface area contributed by atoms with E-state index in [9.17, 15) is 14.7 Å². The van der Waals surface area contributed by atoms with Crippen molar-refractivity contribution in [3.05, 3.63) is 29.8 Å². The number of carbonyl (C=O) groups excluding carboxylic acids is 1. The molecule has 0 bridgehead atoms. The van der Waals surface area contributed by atoms with E-state index in [2.05, 4.69) is 26.1 Å². The Bertz CT molecular complexity index is 632. The van der Waals surface area contributed by atoms with Crippen LogP contribution in [0.25, 0.3) is 0 Å². The Morgan fingerprint density at radius 3 is 2.14 bits per heavy atom. The number of carbonyl (C=O) groups is 2. The second-order valence-electron chi connectivity index (χ2n) is 8.78. The number of nitrogens with one attached hydrogen (secondary N) is 1. The van der Waals surface area contributed by atoms with Crippen LogP contribution in [0.1, 0.15) is 60.5 Å². The summed E-state index contributed by atoms with van der Waals surface area (Å²) in [6, 6.07) is 6.09. The Labute approximate surface area is 168 Å². The first-order valence-corrected chi connectivity index (χ1v) is 9.53. The lowest BCUT2D eigenvalue weighted by Crippen LogP contribution is -2.46. The van der Waals surface area contributed by atoms with Crippen LogP contribution in [-0.2, 0) is 20.8 Å². The normalized spacial score (nSPS) is 14.2. The van der Waals surface area contributed by atoms with E-state index in [1.54, 1.807) is 45.0 Å². The molecule has 158 valence electrons. The number of carboxylic acid groups (broad SMARTS) is 1. The smallest absolute Gasteiger partial charge is 0.329 e. The highest BCUT2D eigenvalue weighted by Crippen LogP contribution is 2.19. The summed E-state index contributed by atoms with van der Waals surface area (Å²) in [5.41, 5.74) is 0.0169. The molecule has 0 aliphatic rings. The van der Waals surface area contributed by atoms with Gasteiger partial charge in [0.1, 0.15) is 12.0 Å². The lowest BCUT2D eigenvalue weighted by molar-refractivity contribution is -0.234. The molecule has 2 N–H and O–H groups in total. The summed E-state index contributed by atoms with van der Waals surface area (Å²) in [5.74, 6) is -0.436. The van der Waals surface area contributed by atoms with Gasteiger partial charge in [0.25, 0.3) is 0 Å². The van der Waals surface area contributed by atoms with Crippen LogP contribution in [0.3, 0.4) is 0 Å². The van der Waals surface area contributed by atoms with Crippen LogP contribution in [-0.4, -0.2) is 46.0 Å². The van der Waals surface area contributed by atoms with Crippen molar-refractivity contribution in [2.24, 2.45) is 0 Å². The number of rotatable bonds is 10. The van der Waals surface area contributed by atoms with E-state index in [1.807, 2.05) is 6.92 Å². The number of hydrogen-bond acceptors (Lipinski definition) is 5. The van der Waals surface area contributed by atoms with Crippen LogP contribution in [0.2, 0.25) is 0 Å². The molecule has 0 spiro atoms. The summed E-state index contributed by atoms with van der Waals surface area (Å²) in [6.45, 7) is 13.5. The molecule has 2 unspecified atom stereocenters. The Balaban J connectivity index is 2.85. The van der Waals surface area contributed by atoms with Gasteiger partial charge >= 0.3 is 5.97 Å². The molecule has 0 aromatic heterocycles. The fourth-order valence-electron chi connectivity index (χ4n) is 2.55. The molecule has 7 nitrogen and oxygen atoms in total. The predicted octanol–water partition coefficient (Wildman–Crippen LogP) is 3.37. The number of benzene rings is 1. The minimum atomic E-state index is -1.13. The van der Waals surface area contributed by atoms with Crippen molar-refractivity contribution in [2.75, 3.05) is 0 Å². The Morgan fingerprint density at radius 2 is 1.75 bits per heavy atom. The molecular formula is C21H34N2O5. The van der Waals surface area contributed by atoms with Gasteiger partial charge in [0.05, 0.1) is 5.60 Å². The monoisotopic (exact) mass is 394 g/mol. The van der Waals surface area contributed by atoms with Crippen molar-refractivity contribution in [3.8, 4) is 5.75 Å². The van der Waals surface area contributed by atoms with E-state index >= 15 is 0 Å². The maximum absolute atomic E-state index is 11.7. The molecule has 0 fully saturated rings. The molecule has 0 saturated carbocycles. The van der Waals surface area contributed by atoms with Gasteiger partial charge in [-0.25, -0.2) is 9.86 Å². The maximum Gasteiger partial charge on any atom is 0.329 e. The minimum absolute atomic E-state index is 0.0688. The number of carboxylic acids is 1. The highest BCUT2D eigenvalue weighted by molar-refractivity contribution is 5.76. The van der Waals surface area contributed by atoms with Gasteiger partial charge in [0.2, 0.25) is 6.41 Å². The van der Waals surface area contributed by atoms with Crippen molar-refractivity contribution in [1.82, 2.24) is 10.4 Å². The van der Waals surface area contributed by atoms with Crippen molar-refractivity contribution < 1.29 is 24.3 Å². The van der Waals surface area contributed by atoms with Gasteiger partial charge in [-0.2, -0.15) is 0 Å². The van der Waals surface area contributed by atoms with E-state index in [1.165, 1.54) is 0 Å².